The van der Waals surface area contributed by atoms with E-state index in [0.29, 0.717) is 24.0 Å². The minimum absolute atomic E-state index is 0.00745. The Balaban J connectivity index is 1.60. The molecule has 11 heteroatoms. The van der Waals surface area contributed by atoms with E-state index in [0.717, 1.165) is 29.8 Å². The number of benzene rings is 2. The lowest BCUT2D eigenvalue weighted by Crippen LogP contribution is -2.33. The summed E-state index contributed by atoms with van der Waals surface area (Å²) in [4.78, 5) is 35.3. The maximum Gasteiger partial charge on any atom is 0.253 e. The maximum absolute atomic E-state index is 14.6. The SMILES string of the molecule is CNC(=O)c1cccc(F)c1Nc1nc(Nc2ccc3c(c2)CCCC(=O)N3CCOC)ncc1Br. The van der Waals surface area contributed by atoms with Crippen molar-refractivity contribution in [2.24, 2.45) is 0 Å². The standard InChI is InChI=1S/C25H26BrFN6O3/c1-28-24(35)17-6-4-7-19(27)22(17)31-23-18(26)14-29-25(32-23)30-16-9-10-20-15(13-16)5-3-8-21(34)33(20)11-12-36-2/h4,6-7,9-10,13-14H,3,5,8,11-12H2,1-2H3,(H,28,35)(H2,29,30,31,32). The number of nitrogens with one attached hydrogen (secondary N) is 3. The number of methoxy groups -OCH3 is 1. The number of para-hydroxylation sites is 1. The van der Waals surface area contributed by atoms with Crippen LogP contribution in [-0.2, 0) is 16.0 Å². The molecule has 0 saturated carbocycles. The van der Waals surface area contributed by atoms with E-state index >= 15 is 0 Å². The monoisotopic (exact) mass is 556 g/mol. The van der Waals surface area contributed by atoms with Gasteiger partial charge in [-0.1, -0.05) is 6.07 Å². The van der Waals surface area contributed by atoms with Crippen molar-refractivity contribution in [1.29, 1.82) is 0 Å². The second-order valence-electron chi connectivity index (χ2n) is 8.12. The maximum atomic E-state index is 14.6. The van der Waals surface area contributed by atoms with Gasteiger partial charge >= 0.3 is 0 Å². The Kier molecular flexibility index (Phi) is 8.11. The zero-order chi connectivity index (χ0) is 25.7. The molecule has 0 unspecified atom stereocenters. The van der Waals surface area contributed by atoms with Gasteiger partial charge in [-0.3, -0.25) is 9.59 Å². The van der Waals surface area contributed by atoms with Crippen molar-refractivity contribution < 1.29 is 18.7 Å². The number of carbonyl (C=O) groups is 2. The fraction of sp³-hybridized carbons (Fsp3) is 0.280. The Hall–Kier alpha value is -3.57. The highest BCUT2D eigenvalue weighted by Crippen LogP contribution is 2.32. The summed E-state index contributed by atoms with van der Waals surface area (Å²) in [5.41, 5.74) is 2.82. The summed E-state index contributed by atoms with van der Waals surface area (Å²) in [7, 11) is 3.09. The van der Waals surface area contributed by atoms with Crippen molar-refractivity contribution >= 4 is 56.6 Å². The second kappa shape index (κ2) is 11.4. The van der Waals surface area contributed by atoms with Crippen LogP contribution in [0.1, 0.15) is 28.8 Å². The number of aryl methyl sites for hydroxylation is 1. The highest BCUT2D eigenvalue weighted by atomic mass is 79.9. The van der Waals surface area contributed by atoms with Crippen LogP contribution in [0.2, 0.25) is 0 Å². The number of rotatable bonds is 8. The number of halogens is 2. The summed E-state index contributed by atoms with van der Waals surface area (Å²) in [6, 6.07) is 10.00. The molecule has 0 fully saturated rings. The smallest absolute Gasteiger partial charge is 0.253 e. The summed E-state index contributed by atoms with van der Waals surface area (Å²) in [6.45, 7) is 0.950. The van der Waals surface area contributed by atoms with Crippen LogP contribution in [0.25, 0.3) is 0 Å². The van der Waals surface area contributed by atoms with E-state index in [9.17, 15) is 14.0 Å². The molecule has 0 aliphatic carbocycles. The Bertz CT molecular complexity index is 1290. The first-order valence-corrected chi connectivity index (χ1v) is 12.2. The van der Waals surface area contributed by atoms with Crippen LogP contribution < -0.4 is 20.9 Å². The van der Waals surface area contributed by atoms with Gasteiger partial charge in [-0.15, -0.1) is 0 Å². The third-order valence-electron chi connectivity index (χ3n) is 5.76. The van der Waals surface area contributed by atoms with E-state index in [4.69, 9.17) is 4.74 Å². The lowest BCUT2D eigenvalue weighted by molar-refractivity contribution is -0.118. The van der Waals surface area contributed by atoms with Crippen molar-refractivity contribution in [3.8, 4) is 0 Å². The Morgan fingerprint density at radius 2 is 2.06 bits per heavy atom. The van der Waals surface area contributed by atoms with Crippen molar-refractivity contribution in [3.05, 3.63) is 64.0 Å². The molecule has 0 spiro atoms. The molecular weight excluding hydrogens is 531 g/mol. The molecule has 3 aromatic rings. The largest absolute Gasteiger partial charge is 0.383 e. The molecule has 0 bridgehead atoms. The van der Waals surface area contributed by atoms with E-state index in [1.807, 2.05) is 18.2 Å². The molecule has 3 N–H and O–H groups in total. The molecule has 2 heterocycles. The fourth-order valence-electron chi connectivity index (χ4n) is 3.99. The minimum Gasteiger partial charge on any atom is -0.383 e. The third-order valence-corrected chi connectivity index (χ3v) is 6.34. The van der Waals surface area contributed by atoms with Gasteiger partial charge < -0.3 is 25.6 Å². The quantitative estimate of drug-likeness (QED) is 0.373. The lowest BCUT2D eigenvalue weighted by Gasteiger charge is -2.23. The Morgan fingerprint density at radius 3 is 2.83 bits per heavy atom. The molecule has 9 nitrogen and oxygen atoms in total. The summed E-state index contributed by atoms with van der Waals surface area (Å²) in [6.07, 6.45) is 3.55. The molecule has 2 amide bonds. The molecule has 0 saturated heterocycles. The zero-order valence-corrected chi connectivity index (χ0v) is 21.5. The van der Waals surface area contributed by atoms with Gasteiger partial charge in [0.25, 0.3) is 5.91 Å². The van der Waals surface area contributed by atoms with Crippen LogP contribution in [0.5, 0.6) is 0 Å². The van der Waals surface area contributed by atoms with Gasteiger partial charge in [-0.25, -0.2) is 9.37 Å². The van der Waals surface area contributed by atoms with Crippen LogP contribution in [0.3, 0.4) is 0 Å². The predicted molar refractivity (Wildman–Crippen MR) is 140 cm³/mol. The summed E-state index contributed by atoms with van der Waals surface area (Å²) in [5.74, 6) is -0.367. The van der Waals surface area contributed by atoms with Gasteiger partial charge in [-0.2, -0.15) is 4.98 Å². The third kappa shape index (κ3) is 5.63. The van der Waals surface area contributed by atoms with Crippen molar-refractivity contribution in [1.82, 2.24) is 15.3 Å². The number of ether oxygens (including phenoxy) is 1. The first-order chi connectivity index (χ1) is 17.4. The van der Waals surface area contributed by atoms with Gasteiger partial charge in [0.2, 0.25) is 11.9 Å². The van der Waals surface area contributed by atoms with Crippen LogP contribution in [0, 0.1) is 5.82 Å². The number of carbonyl (C=O) groups excluding carboxylic acids is 2. The zero-order valence-electron chi connectivity index (χ0n) is 19.9. The van der Waals surface area contributed by atoms with Crippen LogP contribution in [-0.4, -0.2) is 49.1 Å². The Morgan fingerprint density at radius 1 is 1.22 bits per heavy atom. The highest BCUT2D eigenvalue weighted by Gasteiger charge is 2.22. The van der Waals surface area contributed by atoms with Crippen LogP contribution in [0.4, 0.5) is 33.2 Å². The van der Waals surface area contributed by atoms with E-state index in [-0.39, 0.29) is 28.9 Å². The Labute approximate surface area is 216 Å². The first kappa shape index (κ1) is 25.5. The molecular formula is C25H26BrFN6O3. The molecule has 0 radical (unpaired) electrons. The van der Waals surface area contributed by atoms with Gasteiger partial charge in [0.15, 0.2) is 0 Å². The molecule has 0 atom stereocenters. The highest BCUT2D eigenvalue weighted by molar-refractivity contribution is 9.10. The van der Waals surface area contributed by atoms with Crippen LogP contribution in [0.15, 0.2) is 47.1 Å². The number of anilines is 5. The molecule has 1 aromatic heterocycles. The number of fused-ring (bicyclic) bond motifs is 1. The molecule has 1 aliphatic rings. The number of nitrogens with zero attached hydrogens (tertiary/aromatic N) is 3. The van der Waals surface area contributed by atoms with Gasteiger partial charge in [0.1, 0.15) is 11.6 Å². The van der Waals surface area contributed by atoms with Gasteiger partial charge in [-0.05, 0) is 64.7 Å². The molecule has 2 aromatic carbocycles. The number of amides is 2. The summed E-state index contributed by atoms with van der Waals surface area (Å²) in [5, 5.41) is 8.59. The minimum atomic E-state index is -0.588. The van der Waals surface area contributed by atoms with E-state index in [1.165, 1.54) is 31.4 Å². The fourth-order valence-corrected chi connectivity index (χ4v) is 4.28. The molecule has 4 rings (SSSR count). The van der Waals surface area contributed by atoms with E-state index < -0.39 is 11.7 Å². The average molecular weight is 557 g/mol. The summed E-state index contributed by atoms with van der Waals surface area (Å²) < 4.78 is 20.3. The second-order valence-corrected chi connectivity index (χ2v) is 8.97. The van der Waals surface area contributed by atoms with Crippen molar-refractivity contribution in [2.75, 3.05) is 42.8 Å². The normalized spacial score (nSPS) is 13.1. The predicted octanol–water partition coefficient (Wildman–Crippen LogP) is 4.54. The van der Waals surface area contributed by atoms with Crippen molar-refractivity contribution in [3.63, 3.8) is 0 Å². The molecule has 1 aliphatic heterocycles. The van der Waals surface area contributed by atoms with Crippen molar-refractivity contribution in [2.45, 2.75) is 19.3 Å². The van der Waals surface area contributed by atoms with Gasteiger partial charge in [0.05, 0.1) is 22.3 Å². The first-order valence-electron chi connectivity index (χ1n) is 11.4. The van der Waals surface area contributed by atoms with E-state index in [1.54, 1.807) is 12.0 Å². The lowest BCUT2D eigenvalue weighted by atomic mass is 10.1. The topological polar surface area (TPSA) is 108 Å². The number of hydrogen-bond donors (Lipinski definition) is 3. The summed E-state index contributed by atoms with van der Waals surface area (Å²) >= 11 is 3.38. The average Bonchev–Trinajstić information content (AvgIpc) is 3.02. The van der Waals surface area contributed by atoms with E-state index in [2.05, 4.69) is 41.8 Å². The molecule has 36 heavy (non-hydrogen) atoms. The molecule has 188 valence electrons. The van der Waals surface area contributed by atoms with Crippen LogP contribution >= 0.6 is 15.9 Å². The number of hydrogen-bond acceptors (Lipinski definition) is 7. The number of aromatic nitrogens is 2. The van der Waals surface area contributed by atoms with Gasteiger partial charge in [0, 0.05) is 44.7 Å².